The molecule has 0 radical (unpaired) electrons. The van der Waals surface area contributed by atoms with Gasteiger partial charge in [0, 0.05) is 12.0 Å². The lowest BCUT2D eigenvalue weighted by molar-refractivity contribution is -0.147. The van der Waals surface area contributed by atoms with Crippen LogP contribution >= 0.6 is 0 Å². The van der Waals surface area contributed by atoms with Crippen molar-refractivity contribution >= 4 is 23.5 Å². The van der Waals surface area contributed by atoms with E-state index >= 15 is 0 Å². The first-order valence-electron chi connectivity index (χ1n) is 8.14. The average Bonchev–Trinajstić information content (AvgIpc) is 2.61. The standard InChI is InChI=1S/C17H20F2N2O4/c18-12-6-7-13(19)14(8-12)21-15(22)10-25-16(23)9-20-17(24)11-4-2-1-3-5-11/h6-8,11H,1-5,9-10H2,(H,20,24)(H,21,22). The van der Waals surface area contributed by atoms with Gasteiger partial charge in [0.05, 0.1) is 5.69 Å². The van der Waals surface area contributed by atoms with Crippen molar-refractivity contribution in [2.75, 3.05) is 18.5 Å². The quantitative estimate of drug-likeness (QED) is 0.767. The van der Waals surface area contributed by atoms with E-state index < -0.39 is 30.1 Å². The molecule has 2 N–H and O–H groups in total. The summed E-state index contributed by atoms with van der Waals surface area (Å²) >= 11 is 0. The summed E-state index contributed by atoms with van der Waals surface area (Å²) in [5.41, 5.74) is -0.341. The molecule has 1 aromatic rings. The summed E-state index contributed by atoms with van der Waals surface area (Å²) in [6.45, 7) is -0.995. The second-order valence-corrected chi connectivity index (χ2v) is 5.89. The fraction of sp³-hybridized carbons (Fsp3) is 0.471. The molecule has 0 aliphatic heterocycles. The number of nitrogens with one attached hydrogen (secondary N) is 2. The molecule has 0 atom stereocenters. The van der Waals surface area contributed by atoms with Crippen molar-refractivity contribution in [2.24, 2.45) is 5.92 Å². The summed E-state index contributed by atoms with van der Waals surface area (Å²) in [5.74, 6) is -3.38. The first-order valence-corrected chi connectivity index (χ1v) is 8.14. The van der Waals surface area contributed by atoms with Crippen molar-refractivity contribution in [3.63, 3.8) is 0 Å². The SMILES string of the molecule is O=C(COC(=O)CNC(=O)C1CCCCC1)Nc1cc(F)ccc1F. The van der Waals surface area contributed by atoms with E-state index in [2.05, 4.69) is 10.6 Å². The molecule has 0 heterocycles. The Balaban J connectivity index is 1.69. The molecule has 0 spiro atoms. The number of esters is 1. The Labute approximate surface area is 143 Å². The van der Waals surface area contributed by atoms with Crippen LogP contribution in [-0.2, 0) is 19.1 Å². The van der Waals surface area contributed by atoms with Gasteiger partial charge in [-0.15, -0.1) is 0 Å². The van der Waals surface area contributed by atoms with Gasteiger partial charge in [-0.2, -0.15) is 0 Å². The van der Waals surface area contributed by atoms with E-state index in [4.69, 9.17) is 4.74 Å². The van der Waals surface area contributed by atoms with Crippen LogP contribution in [0.5, 0.6) is 0 Å². The maximum atomic E-state index is 13.4. The average molecular weight is 354 g/mol. The predicted molar refractivity (Wildman–Crippen MR) is 85.5 cm³/mol. The normalized spacial score (nSPS) is 14.6. The van der Waals surface area contributed by atoms with E-state index in [1.807, 2.05) is 0 Å². The third kappa shape index (κ3) is 6.13. The molecule has 25 heavy (non-hydrogen) atoms. The largest absolute Gasteiger partial charge is 0.454 e. The highest BCUT2D eigenvalue weighted by Crippen LogP contribution is 2.23. The van der Waals surface area contributed by atoms with E-state index in [1.165, 1.54) is 0 Å². The number of benzene rings is 1. The van der Waals surface area contributed by atoms with Crippen LogP contribution in [0.25, 0.3) is 0 Å². The maximum Gasteiger partial charge on any atom is 0.325 e. The molecule has 0 saturated heterocycles. The summed E-state index contributed by atoms with van der Waals surface area (Å²) in [4.78, 5) is 35.0. The van der Waals surface area contributed by atoms with E-state index in [-0.39, 0.29) is 24.1 Å². The van der Waals surface area contributed by atoms with Crippen LogP contribution in [0.1, 0.15) is 32.1 Å². The summed E-state index contributed by atoms with van der Waals surface area (Å²) in [6.07, 6.45) is 4.73. The fourth-order valence-electron chi connectivity index (χ4n) is 2.65. The fourth-order valence-corrected chi connectivity index (χ4v) is 2.65. The first kappa shape index (κ1) is 18.8. The topological polar surface area (TPSA) is 84.5 Å². The smallest absolute Gasteiger partial charge is 0.325 e. The minimum absolute atomic E-state index is 0.0826. The molecule has 1 aromatic carbocycles. The molecule has 1 saturated carbocycles. The zero-order valence-electron chi connectivity index (χ0n) is 13.6. The number of hydrogen-bond donors (Lipinski definition) is 2. The minimum Gasteiger partial charge on any atom is -0.454 e. The van der Waals surface area contributed by atoms with Gasteiger partial charge in [0.25, 0.3) is 5.91 Å². The lowest BCUT2D eigenvalue weighted by atomic mass is 9.89. The van der Waals surface area contributed by atoms with Gasteiger partial charge in [-0.1, -0.05) is 19.3 Å². The molecular weight excluding hydrogens is 334 g/mol. The summed E-state index contributed by atoms with van der Waals surface area (Å²) in [7, 11) is 0. The number of rotatable bonds is 6. The molecule has 2 amide bonds. The van der Waals surface area contributed by atoms with E-state index in [0.717, 1.165) is 50.3 Å². The van der Waals surface area contributed by atoms with Gasteiger partial charge < -0.3 is 15.4 Å². The van der Waals surface area contributed by atoms with Crippen LogP contribution in [-0.4, -0.2) is 30.9 Å². The van der Waals surface area contributed by atoms with E-state index in [0.29, 0.717) is 0 Å². The molecular formula is C17H20F2N2O4. The number of ether oxygens (including phenoxy) is 1. The number of amides is 2. The molecule has 0 bridgehead atoms. The molecule has 1 aliphatic carbocycles. The van der Waals surface area contributed by atoms with Crippen molar-refractivity contribution in [3.8, 4) is 0 Å². The third-order valence-corrected chi connectivity index (χ3v) is 3.95. The van der Waals surface area contributed by atoms with Crippen molar-refractivity contribution in [2.45, 2.75) is 32.1 Å². The van der Waals surface area contributed by atoms with Gasteiger partial charge >= 0.3 is 5.97 Å². The van der Waals surface area contributed by atoms with Crippen LogP contribution in [0.2, 0.25) is 0 Å². The third-order valence-electron chi connectivity index (χ3n) is 3.95. The van der Waals surface area contributed by atoms with Gasteiger partial charge in [-0.25, -0.2) is 8.78 Å². The lowest BCUT2D eigenvalue weighted by Gasteiger charge is -2.20. The van der Waals surface area contributed by atoms with Crippen LogP contribution in [0, 0.1) is 17.6 Å². The van der Waals surface area contributed by atoms with Crippen molar-refractivity contribution < 1.29 is 27.9 Å². The molecule has 6 nitrogen and oxygen atoms in total. The first-order chi connectivity index (χ1) is 12.0. The minimum atomic E-state index is -0.809. The van der Waals surface area contributed by atoms with Crippen LogP contribution < -0.4 is 10.6 Å². The van der Waals surface area contributed by atoms with Gasteiger partial charge in [0.1, 0.15) is 18.2 Å². The van der Waals surface area contributed by atoms with Gasteiger partial charge in [0.2, 0.25) is 5.91 Å². The zero-order chi connectivity index (χ0) is 18.2. The van der Waals surface area contributed by atoms with Gasteiger partial charge in [0.15, 0.2) is 6.61 Å². The Morgan fingerprint density at radius 3 is 2.56 bits per heavy atom. The summed E-state index contributed by atoms with van der Waals surface area (Å²) in [6, 6.07) is 2.61. The number of hydrogen-bond acceptors (Lipinski definition) is 4. The van der Waals surface area contributed by atoms with Gasteiger partial charge in [-0.3, -0.25) is 14.4 Å². The summed E-state index contributed by atoms with van der Waals surface area (Å²) in [5, 5.41) is 4.59. The zero-order valence-corrected chi connectivity index (χ0v) is 13.6. The van der Waals surface area contributed by atoms with Crippen LogP contribution in [0.4, 0.5) is 14.5 Å². The highest BCUT2D eigenvalue weighted by molar-refractivity contribution is 5.93. The molecule has 1 aliphatic rings. The number of halogens is 2. The predicted octanol–water partition coefficient (Wildman–Crippen LogP) is 2.14. The molecule has 2 rings (SSSR count). The number of anilines is 1. The van der Waals surface area contributed by atoms with Crippen molar-refractivity contribution in [1.29, 1.82) is 0 Å². The highest BCUT2D eigenvalue weighted by Gasteiger charge is 2.21. The monoisotopic (exact) mass is 354 g/mol. The Hall–Kier alpha value is -2.51. The van der Waals surface area contributed by atoms with E-state index in [1.54, 1.807) is 0 Å². The Kier molecular flexibility index (Phi) is 6.85. The number of carbonyl (C=O) groups excluding carboxylic acids is 3. The maximum absolute atomic E-state index is 13.4. The molecule has 1 fully saturated rings. The van der Waals surface area contributed by atoms with E-state index in [9.17, 15) is 23.2 Å². The Bertz CT molecular complexity index is 646. The Morgan fingerprint density at radius 1 is 1.12 bits per heavy atom. The second-order valence-electron chi connectivity index (χ2n) is 5.89. The second kappa shape index (κ2) is 9.10. The molecule has 0 aromatic heterocycles. The molecule has 0 unspecified atom stereocenters. The van der Waals surface area contributed by atoms with Crippen molar-refractivity contribution in [3.05, 3.63) is 29.8 Å². The van der Waals surface area contributed by atoms with Gasteiger partial charge in [-0.05, 0) is 25.0 Å². The lowest BCUT2D eigenvalue weighted by Crippen LogP contribution is -2.36. The Morgan fingerprint density at radius 2 is 1.84 bits per heavy atom. The van der Waals surface area contributed by atoms with Crippen LogP contribution in [0.15, 0.2) is 18.2 Å². The summed E-state index contributed by atoms with van der Waals surface area (Å²) < 4.78 is 31.1. The number of carbonyl (C=O) groups is 3. The van der Waals surface area contributed by atoms with Crippen LogP contribution in [0.3, 0.4) is 0 Å². The van der Waals surface area contributed by atoms with Crippen molar-refractivity contribution in [1.82, 2.24) is 5.32 Å². The highest BCUT2D eigenvalue weighted by atomic mass is 19.1. The molecule has 136 valence electrons. The molecule has 8 heteroatoms.